The number of alkyl halides is 3. The van der Waals surface area contributed by atoms with E-state index in [0.29, 0.717) is 0 Å². The molecule has 2 aromatic heterocycles. The van der Waals surface area contributed by atoms with Crippen LogP contribution in [0.5, 0.6) is 0 Å². The van der Waals surface area contributed by atoms with Crippen molar-refractivity contribution in [2.45, 2.75) is 6.18 Å². The van der Waals surface area contributed by atoms with Gasteiger partial charge in [-0.15, -0.1) is 0 Å². The number of hydrogen-bond donors (Lipinski definition) is 0. The van der Waals surface area contributed by atoms with Crippen molar-refractivity contribution in [3.05, 3.63) is 24.4 Å². The third kappa shape index (κ3) is 1.48. The summed E-state index contributed by atoms with van der Waals surface area (Å²) in [5, 5.41) is 0. The maximum Gasteiger partial charge on any atom is 0.451 e. The molecule has 0 N–H and O–H groups in total. The van der Waals surface area contributed by atoms with Gasteiger partial charge >= 0.3 is 6.18 Å². The lowest BCUT2D eigenvalue weighted by atomic mass is 10.5. The van der Waals surface area contributed by atoms with Crippen LogP contribution >= 0.6 is 0 Å². The van der Waals surface area contributed by atoms with Crippen molar-refractivity contribution in [2.24, 2.45) is 0 Å². The van der Waals surface area contributed by atoms with Crippen LogP contribution in [0, 0.1) is 6.20 Å². The zero-order valence-corrected chi connectivity index (χ0v) is 6.58. The third-order valence-corrected chi connectivity index (χ3v) is 1.44. The fourth-order valence-electron chi connectivity index (χ4n) is 0.865. The van der Waals surface area contributed by atoms with E-state index in [1.807, 2.05) is 0 Å². The summed E-state index contributed by atoms with van der Waals surface area (Å²) in [4.78, 5) is 13.5. The van der Waals surface area contributed by atoms with Gasteiger partial charge in [-0.2, -0.15) is 13.2 Å². The summed E-state index contributed by atoms with van der Waals surface area (Å²) in [6.07, 6.45) is -0.0552. The van der Waals surface area contributed by atoms with Gasteiger partial charge < -0.3 is 0 Å². The molecule has 0 aliphatic carbocycles. The van der Waals surface area contributed by atoms with Gasteiger partial charge in [0.1, 0.15) is 11.7 Å². The zero-order valence-electron chi connectivity index (χ0n) is 6.58. The first-order chi connectivity index (χ1) is 6.57. The summed E-state index contributed by atoms with van der Waals surface area (Å²) < 4.78 is 36.4. The van der Waals surface area contributed by atoms with E-state index in [1.54, 1.807) is 0 Å². The number of nitrogens with zero attached hydrogens (tertiary/aromatic N) is 4. The van der Waals surface area contributed by atoms with E-state index in [1.165, 1.54) is 6.20 Å². The zero-order chi connectivity index (χ0) is 10.2. The summed E-state index contributed by atoms with van der Waals surface area (Å²) in [6.45, 7) is 0. The Morgan fingerprint density at radius 3 is 2.71 bits per heavy atom. The van der Waals surface area contributed by atoms with Crippen LogP contribution in [0.2, 0.25) is 0 Å². The molecule has 2 aromatic rings. The van der Waals surface area contributed by atoms with Crippen molar-refractivity contribution in [3.63, 3.8) is 0 Å². The van der Waals surface area contributed by atoms with Crippen molar-refractivity contribution in [1.82, 2.24) is 19.9 Å². The predicted molar refractivity (Wildman–Crippen MR) is 39.0 cm³/mol. The first-order valence-corrected chi connectivity index (χ1v) is 3.50. The lowest BCUT2D eigenvalue weighted by Gasteiger charge is -2.03. The van der Waals surface area contributed by atoms with E-state index in [-0.39, 0.29) is 11.2 Å². The van der Waals surface area contributed by atoms with Crippen molar-refractivity contribution in [2.75, 3.05) is 0 Å². The molecule has 0 saturated carbocycles. The quantitative estimate of drug-likeness (QED) is 0.640. The van der Waals surface area contributed by atoms with Crippen molar-refractivity contribution >= 4 is 11.2 Å². The van der Waals surface area contributed by atoms with E-state index in [4.69, 9.17) is 0 Å². The Balaban J connectivity index is 2.63. The predicted octanol–water partition coefficient (Wildman–Crippen LogP) is 1.24. The Morgan fingerprint density at radius 1 is 1.21 bits per heavy atom. The van der Waals surface area contributed by atoms with E-state index in [0.717, 1.165) is 6.20 Å². The Hall–Kier alpha value is -1.79. The minimum atomic E-state index is -4.56. The van der Waals surface area contributed by atoms with Gasteiger partial charge in [0.25, 0.3) is 0 Å². The molecule has 0 unspecified atom stereocenters. The first kappa shape index (κ1) is 8.79. The van der Waals surface area contributed by atoms with Gasteiger partial charge in [-0.1, -0.05) is 0 Å². The van der Waals surface area contributed by atoms with Crippen LogP contribution in [0.3, 0.4) is 0 Å². The van der Waals surface area contributed by atoms with Crippen LogP contribution in [-0.4, -0.2) is 19.9 Å². The Kier molecular flexibility index (Phi) is 1.80. The SMILES string of the molecule is FC(F)(F)c1ncc2nc[c]nc2n1. The maximum absolute atomic E-state index is 12.1. The van der Waals surface area contributed by atoms with Crippen LogP contribution in [0.25, 0.3) is 11.2 Å². The number of hydrogen-bond acceptors (Lipinski definition) is 4. The van der Waals surface area contributed by atoms with Gasteiger partial charge in [0.15, 0.2) is 5.65 Å². The normalized spacial score (nSPS) is 11.9. The molecule has 0 aliphatic heterocycles. The number of fused-ring (bicyclic) bond motifs is 1. The second kappa shape index (κ2) is 2.86. The van der Waals surface area contributed by atoms with E-state index in [9.17, 15) is 13.2 Å². The van der Waals surface area contributed by atoms with Crippen molar-refractivity contribution < 1.29 is 13.2 Å². The fourth-order valence-corrected chi connectivity index (χ4v) is 0.865. The summed E-state index contributed by atoms with van der Waals surface area (Å²) in [5.41, 5.74) is 0.0894. The molecule has 0 fully saturated rings. The molecule has 7 heteroatoms. The average Bonchev–Trinajstić information content (AvgIpc) is 2.16. The smallest absolute Gasteiger partial charge is 0.249 e. The highest BCUT2D eigenvalue weighted by atomic mass is 19.4. The van der Waals surface area contributed by atoms with Gasteiger partial charge in [-0.05, 0) is 0 Å². The second-order valence-electron chi connectivity index (χ2n) is 2.40. The maximum atomic E-state index is 12.1. The van der Waals surface area contributed by atoms with Crippen LogP contribution in [0.1, 0.15) is 5.82 Å². The number of aromatic nitrogens is 4. The van der Waals surface area contributed by atoms with E-state index >= 15 is 0 Å². The summed E-state index contributed by atoms with van der Waals surface area (Å²) in [6, 6.07) is 0. The number of rotatable bonds is 0. The molecule has 1 radical (unpaired) electrons. The summed E-state index contributed by atoms with van der Waals surface area (Å²) in [7, 11) is 0. The molecule has 0 aliphatic rings. The molecule has 0 bridgehead atoms. The molecule has 2 heterocycles. The third-order valence-electron chi connectivity index (χ3n) is 1.44. The topological polar surface area (TPSA) is 51.6 Å². The Bertz CT molecular complexity index is 468. The van der Waals surface area contributed by atoms with Crippen molar-refractivity contribution in [3.8, 4) is 0 Å². The summed E-state index contributed by atoms with van der Waals surface area (Å²) >= 11 is 0. The first-order valence-electron chi connectivity index (χ1n) is 3.50. The molecule has 14 heavy (non-hydrogen) atoms. The molecule has 0 atom stereocenters. The van der Waals surface area contributed by atoms with Gasteiger partial charge in [-0.25, -0.2) is 19.9 Å². The highest BCUT2D eigenvalue weighted by molar-refractivity contribution is 5.67. The molecule has 71 valence electrons. The van der Waals surface area contributed by atoms with Gasteiger partial charge in [-0.3, -0.25) is 0 Å². The molecule has 0 saturated heterocycles. The minimum absolute atomic E-state index is 0.116. The Morgan fingerprint density at radius 2 is 2.00 bits per heavy atom. The van der Waals surface area contributed by atoms with E-state index < -0.39 is 12.0 Å². The molecular formula is C7H2F3N4. The van der Waals surface area contributed by atoms with Crippen LogP contribution in [0.4, 0.5) is 13.2 Å². The largest absolute Gasteiger partial charge is 0.451 e. The highest BCUT2D eigenvalue weighted by Gasteiger charge is 2.34. The van der Waals surface area contributed by atoms with Crippen LogP contribution < -0.4 is 0 Å². The van der Waals surface area contributed by atoms with Gasteiger partial charge in [0.05, 0.1) is 12.4 Å². The summed E-state index contributed by atoms with van der Waals surface area (Å²) in [5.74, 6) is -1.22. The number of halogens is 3. The van der Waals surface area contributed by atoms with Crippen molar-refractivity contribution in [1.29, 1.82) is 0 Å². The fraction of sp³-hybridized carbons (Fsp3) is 0.143. The molecule has 2 rings (SSSR count). The molecule has 0 aromatic carbocycles. The van der Waals surface area contributed by atoms with E-state index in [2.05, 4.69) is 26.1 Å². The standard InChI is InChI=1S/C7H2F3N4/c8-7(9,10)6-13-3-4-5(14-6)12-2-1-11-4/h1,3H. The average molecular weight is 199 g/mol. The lowest BCUT2D eigenvalue weighted by molar-refractivity contribution is -0.144. The highest BCUT2D eigenvalue weighted by Crippen LogP contribution is 2.26. The minimum Gasteiger partial charge on any atom is -0.249 e. The molecular weight excluding hydrogens is 197 g/mol. The van der Waals surface area contributed by atoms with Gasteiger partial charge in [0.2, 0.25) is 5.82 Å². The lowest BCUT2D eigenvalue weighted by Crippen LogP contribution is -2.11. The monoisotopic (exact) mass is 199 g/mol. The molecule has 0 spiro atoms. The Labute approximate surface area is 75.9 Å². The van der Waals surface area contributed by atoms with Gasteiger partial charge in [0, 0.05) is 0 Å². The molecule has 0 amide bonds. The second-order valence-corrected chi connectivity index (χ2v) is 2.40. The van der Waals surface area contributed by atoms with Crippen LogP contribution in [-0.2, 0) is 6.18 Å². The van der Waals surface area contributed by atoms with Crippen LogP contribution in [0.15, 0.2) is 12.4 Å². The molecule has 4 nitrogen and oxygen atoms in total.